The lowest BCUT2D eigenvalue weighted by Gasteiger charge is -2.18. The van der Waals surface area contributed by atoms with Crippen LogP contribution >= 0.6 is 0 Å². The molecule has 2 nitrogen and oxygen atoms in total. The Morgan fingerprint density at radius 2 is 1.74 bits per heavy atom. The molecule has 1 aromatic carbocycles. The summed E-state index contributed by atoms with van der Waals surface area (Å²) in [4.78, 5) is 0. The van der Waals surface area contributed by atoms with E-state index in [1.807, 2.05) is 39.0 Å². The van der Waals surface area contributed by atoms with E-state index in [1.165, 1.54) is 25.7 Å². The standard InChI is InChI=1S/C16H23NOS/c1-16(2,3)19(18)17-15(14-11-7-8-12-14)13-9-5-4-6-10-13/h4-6,9-10,14H,7-8,11-12H2,1-3H3/b17-15-. The van der Waals surface area contributed by atoms with Gasteiger partial charge in [0.25, 0.3) is 0 Å². The van der Waals surface area contributed by atoms with Crippen LogP contribution in [-0.4, -0.2) is 14.7 Å². The molecule has 0 amide bonds. The van der Waals surface area contributed by atoms with Gasteiger partial charge in [0.1, 0.15) is 11.0 Å². The van der Waals surface area contributed by atoms with Gasteiger partial charge in [-0.05, 0) is 39.2 Å². The summed E-state index contributed by atoms with van der Waals surface area (Å²) >= 11 is 0. The van der Waals surface area contributed by atoms with Gasteiger partial charge in [-0.1, -0.05) is 43.2 Å². The van der Waals surface area contributed by atoms with E-state index in [2.05, 4.69) is 16.5 Å². The molecule has 1 atom stereocenters. The molecule has 0 saturated heterocycles. The van der Waals surface area contributed by atoms with Crippen LogP contribution in [0.2, 0.25) is 0 Å². The normalized spacial score (nSPS) is 19.6. The first kappa shape index (κ1) is 14.4. The molecule has 0 spiro atoms. The van der Waals surface area contributed by atoms with Gasteiger partial charge in [0, 0.05) is 5.92 Å². The minimum absolute atomic E-state index is 0.293. The van der Waals surface area contributed by atoms with Crippen LogP contribution in [0, 0.1) is 5.92 Å². The molecule has 0 radical (unpaired) electrons. The van der Waals surface area contributed by atoms with Gasteiger partial charge in [-0.3, -0.25) is 0 Å². The second kappa shape index (κ2) is 6.00. The van der Waals surface area contributed by atoms with E-state index >= 15 is 0 Å². The predicted molar refractivity (Wildman–Crippen MR) is 82.8 cm³/mol. The number of benzene rings is 1. The van der Waals surface area contributed by atoms with Crippen molar-refractivity contribution >= 4 is 16.7 Å². The molecule has 2 rings (SSSR count). The summed E-state index contributed by atoms with van der Waals surface area (Å²) in [5.41, 5.74) is 2.18. The maximum absolute atomic E-state index is 12.3. The number of nitrogens with zero attached hydrogens (tertiary/aromatic N) is 1. The summed E-state index contributed by atoms with van der Waals surface area (Å²) in [7, 11) is -1.18. The minimum atomic E-state index is -1.18. The minimum Gasteiger partial charge on any atom is -0.234 e. The highest BCUT2D eigenvalue weighted by molar-refractivity contribution is 7.85. The largest absolute Gasteiger partial charge is 0.234 e. The Morgan fingerprint density at radius 3 is 2.26 bits per heavy atom. The van der Waals surface area contributed by atoms with Gasteiger partial charge < -0.3 is 0 Å². The monoisotopic (exact) mass is 277 g/mol. The smallest absolute Gasteiger partial charge is 0.145 e. The molecule has 1 aromatic rings. The van der Waals surface area contributed by atoms with Crippen molar-refractivity contribution in [1.82, 2.24) is 0 Å². The quantitative estimate of drug-likeness (QED) is 0.764. The summed E-state index contributed by atoms with van der Waals surface area (Å²) in [5.74, 6) is 0.480. The van der Waals surface area contributed by atoms with Crippen LogP contribution in [0.4, 0.5) is 0 Å². The van der Waals surface area contributed by atoms with E-state index in [1.54, 1.807) is 0 Å². The van der Waals surface area contributed by atoms with Crippen molar-refractivity contribution in [2.45, 2.75) is 51.2 Å². The number of hydrogen-bond donors (Lipinski definition) is 0. The van der Waals surface area contributed by atoms with E-state index in [9.17, 15) is 4.21 Å². The fourth-order valence-corrected chi connectivity index (χ4v) is 3.10. The molecule has 19 heavy (non-hydrogen) atoms. The van der Waals surface area contributed by atoms with Crippen LogP contribution < -0.4 is 0 Å². The molecule has 1 aliphatic carbocycles. The van der Waals surface area contributed by atoms with Crippen LogP contribution in [0.15, 0.2) is 34.7 Å². The van der Waals surface area contributed by atoms with Crippen LogP contribution in [0.1, 0.15) is 52.0 Å². The Labute approximate surface area is 118 Å². The van der Waals surface area contributed by atoms with Crippen molar-refractivity contribution in [2.75, 3.05) is 0 Å². The van der Waals surface area contributed by atoms with Crippen molar-refractivity contribution in [2.24, 2.45) is 10.3 Å². The molecule has 1 fully saturated rings. The lowest BCUT2D eigenvalue weighted by Crippen LogP contribution is -2.23. The van der Waals surface area contributed by atoms with Crippen molar-refractivity contribution in [3.63, 3.8) is 0 Å². The fourth-order valence-electron chi connectivity index (χ4n) is 2.40. The van der Waals surface area contributed by atoms with Gasteiger partial charge in [-0.25, -0.2) is 4.21 Å². The van der Waals surface area contributed by atoms with Gasteiger partial charge >= 0.3 is 0 Å². The van der Waals surface area contributed by atoms with Crippen LogP contribution in [0.3, 0.4) is 0 Å². The second-order valence-electron chi connectivity index (χ2n) is 6.19. The Morgan fingerprint density at radius 1 is 1.16 bits per heavy atom. The lowest BCUT2D eigenvalue weighted by atomic mass is 9.95. The van der Waals surface area contributed by atoms with E-state index in [0.717, 1.165) is 11.3 Å². The van der Waals surface area contributed by atoms with E-state index in [0.29, 0.717) is 5.92 Å². The zero-order valence-corrected chi connectivity index (χ0v) is 12.9. The average molecular weight is 277 g/mol. The van der Waals surface area contributed by atoms with Crippen molar-refractivity contribution in [3.8, 4) is 0 Å². The van der Waals surface area contributed by atoms with Crippen molar-refractivity contribution in [3.05, 3.63) is 35.9 Å². The summed E-state index contributed by atoms with van der Waals surface area (Å²) in [6, 6.07) is 10.2. The highest BCUT2D eigenvalue weighted by Gasteiger charge is 2.25. The average Bonchev–Trinajstić information content (AvgIpc) is 2.89. The molecule has 0 N–H and O–H groups in total. The van der Waals surface area contributed by atoms with E-state index < -0.39 is 11.0 Å². The number of hydrogen-bond acceptors (Lipinski definition) is 1. The highest BCUT2D eigenvalue weighted by atomic mass is 32.2. The SMILES string of the molecule is CC(C)(C)S(=O)/N=C(/c1ccccc1)C1CCCC1. The maximum atomic E-state index is 12.3. The van der Waals surface area contributed by atoms with Crippen LogP contribution in [0.25, 0.3) is 0 Å². The highest BCUT2D eigenvalue weighted by Crippen LogP contribution is 2.29. The lowest BCUT2D eigenvalue weighted by molar-refractivity contribution is 0.649. The summed E-state index contributed by atoms with van der Waals surface area (Å²) in [6.45, 7) is 5.93. The van der Waals surface area contributed by atoms with Crippen LogP contribution in [-0.2, 0) is 11.0 Å². The third kappa shape index (κ3) is 3.75. The summed E-state index contributed by atoms with van der Waals surface area (Å²) in [5, 5.41) is 0. The van der Waals surface area contributed by atoms with Gasteiger partial charge in [-0.2, -0.15) is 4.40 Å². The molecule has 104 valence electrons. The van der Waals surface area contributed by atoms with E-state index in [-0.39, 0.29) is 4.75 Å². The second-order valence-corrected chi connectivity index (χ2v) is 8.09. The third-order valence-corrected chi connectivity index (χ3v) is 4.93. The van der Waals surface area contributed by atoms with Gasteiger partial charge in [0.15, 0.2) is 0 Å². The number of rotatable bonds is 3. The molecule has 1 unspecified atom stereocenters. The van der Waals surface area contributed by atoms with Gasteiger partial charge in [0.2, 0.25) is 0 Å². The first-order chi connectivity index (χ1) is 8.98. The maximum Gasteiger partial charge on any atom is 0.145 e. The van der Waals surface area contributed by atoms with Crippen LogP contribution in [0.5, 0.6) is 0 Å². The van der Waals surface area contributed by atoms with Gasteiger partial charge in [-0.15, -0.1) is 0 Å². The molecular formula is C16H23NOS. The Hall–Kier alpha value is -0.960. The topological polar surface area (TPSA) is 29.4 Å². The zero-order valence-electron chi connectivity index (χ0n) is 12.1. The summed E-state index contributed by atoms with van der Waals surface area (Å²) in [6.07, 6.45) is 4.88. The third-order valence-electron chi connectivity index (χ3n) is 3.52. The molecule has 0 heterocycles. The Balaban J connectivity index is 2.35. The van der Waals surface area contributed by atoms with Crippen molar-refractivity contribution in [1.29, 1.82) is 0 Å². The molecule has 3 heteroatoms. The molecule has 0 bridgehead atoms. The zero-order chi connectivity index (χ0) is 13.9. The fraction of sp³-hybridized carbons (Fsp3) is 0.562. The summed E-state index contributed by atoms with van der Waals surface area (Å²) < 4.78 is 16.6. The Bertz CT molecular complexity index is 467. The van der Waals surface area contributed by atoms with E-state index in [4.69, 9.17) is 0 Å². The molecular weight excluding hydrogens is 254 g/mol. The molecule has 0 aromatic heterocycles. The molecule has 1 aliphatic rings. The Kier molecular flexibility index (Phi) is 4.56. The van der Waals surface area contributed by atoms with Crippen molar-refractivity contribution < 1.29 is 4.21 Å². The first-order valence-corrected chi connectivity index (χ1v) is 8.15. The van der Waals surface area contributed by atoms with Gasteiger partial charge in [0.05, 0.1) is 10.5 Å². The molecule has 1 saturated carbocycles. The predicted octanol–water partition coefficient (Wildman–Crippen LogP) is 4.13. The molecule has 0 aliphatic heterocycles. The first-order valence-electron chi connectivity index (χ1n) is 7.04.